The van der Waals surface area contributed by atoms with Crippen molar-refractivity contribution >= 4 is 17.6 Å². The van der Waals surface area contributed by atoms with Gasteiger partial charge in [0.2, 0.25) is 0 Å². The van der Waals surface area contributed by atoms with E-state index in [1.165, 1.54) is 12.1 Å². The maximum absolute atomic E-state index is 10.5. The molecule has 0 saturated heterocycles. The second kappa shape index (κ2) is 4.57. The van der Waals surface area contributed by atoms with E-state index in [-0.39, 0.29) is 5.69 Å². The van der Waals surface area contributed by atoms with Crippen LogP contribution in [0.1, 0.15) is 5.56 Å². The summed E-state index contributed by atoms with van der Waals surface area (Å²) in [7, 11) is 0. The lowest BCUT2D eigenvalue weighted by atomic mass is 10.1. The van der Waals surface area contributed by atoms with Crippen molar-refractivity contribution in [3.8, 4) is 0 Å². The van der Waals surface area contributed by atoms with Gasteiger partial charge in [0.1, 0.15) is 0 Å². The molecule has 0 atom stereocenters. The lowest BCUT2D eigenvalue weighted by molar-refractivity contribution is -0.384. The van der Waals surface area contributed by atoms with Crippen molar-refractivity contribution in [2.24, 2.45) is 4.99 Å². The number of non-ortho nitro benzene ring substituents is 1. The summed E-state index contributed by atoms with van der Waals surface area (Å²) in [5.74, 6) is 0. The Balaban J connectivity index is 2.24. The fourth-order valence-corrected chi connectivity index (χ4v) is 1.48. The van der Waals surface area contributed by atoms with Gasteiger partial charge >= 0.3 is 0 Å². The van der Waals surface area contributed by atoms with Crippen molar-refractivity contribution < 1.29 is 4.92 Å². The molecule has 0 aliphatic carbocycles. The number of hydrogen-bond donors (Lipinski definition) is 1. The predicted molar refractivity (Wildman–Crippen MR) is 62.4 cm³/mol. The first-order valence-corrected chi connectivity index (χ1v) is 4.96. The Hall–Kier alpha value is -2.17. The van der Waals surface area contributed by atoms with Crippen LogP contribution in [0.2, 0.25) is 0 Å². The zero-order valence-electron chi connectivity index (χ0n) is 8.59. The maximum atomic E-state index is 10.5. The van der Waals surface area contributed by atoms with E-state index < -0.39 is 4.92 Å². The van der Waals surface area contributed by atoms with E-state index in [4.69, 9.17) is 0 Å². The highest BCUT2D eigenvalue weighted by Crippen LogP contribution is 2.17. The minimum Gasteiger partial charge on any atom is -0.383 e. The third kappa shape index (κ3) is 2.25. The van der Waals surface area contributed by atoms with Crippen molar-refractivity contribution in [3.05, 3.63) is 46.0 Å². The summed E-state index contributed by atoms with van der Waals surface area (Å²) in [4.78, 5) is 14.2. The number of benzene rings is 1. The second-order valence-corrected chi connectivity index (χ2v) is 3.37. The zero-order chi connectivity index (χ0) is 11.4. The molecule has 16 heavy (non-hydrogen) atoms. The van der Waals surface area contributed by atoms with Gasteiger partial charge in [0.25, 0.3) is 5.69 Å². The van der Waals surface area contributed by atoms with E-state index in [0.717, 1.165) is 24.4 Å². The molecule has 0 aromatic heterocycles. The van der Waals surface area contributed by atoms with Crippen LogP contribution >= 0.6 is 0 Å². The van der Waals surface area contributed by atoms with Crippen molar-refractivity contribution in [1.82, 2.24) is 5.32 Å². The highest BCUT2D eigenvalue weighted by atomic mass is 16.6. The normalized spacial score (nSPS) is 14.9. The van der Waals surface area contributed by atoms with Crippen molar-refractivity contribution in [2.45, 2.75) is 0 Å². The molecule has 1 aromatic carbocycles. The Kier molecular flexibility index (Phi) is 2.95. The second-order valence-electron chi connectivity index (χ2n) is 3.37. The molecule has 0 amide bonds. The lowest BCUT2D eigenvalue weighted by Crippen LogP contribution is -2.14. The van der Waals surface area contributed by atoms with Gasteiger partial charge in [-0.25, -0.2) is 0 Å². The van der Waals surface area contributed by atoms with E-state index in [9.17, 15) is 10.1 Å². The lowest BCUT2D eigenvalue weighted by Gasteiger charge is -2.07. The van der Waals surface area contributed by atoms with Crippen LogP contribution < -0.4 is 5.32 Å². The Morgan fingerprint density at radius 1 is 1.31 bits per heavy atom. The molecule has 0 spiro atoms. The molecule has 2 rings (SSSR count). The van der Waals surface area contributed by atoms with E-state index in [0.29, 0.717) is 0 Å². The number of nitro groups is 1. The molecule has 1 N–H and O–H groups in total. The summed E-state index contributed by atoms with van der Waals surface area (Å²) in [6, 6.07) is 6.46. The maximum Gasteiger partial charge on any atom is 0.269 e. The summed E-state index contributed by atoms with van der Waals surface area (Å²) in [5.41, 5.74) is 1.97. The molecular weight excluding hydrogens is 206 g/mol. The average Bonchev–Trinajstić information content (AvgIpc) is 2.57. The van der Waals surface area contributed by atoms with E-state index in [2.05, 4.69) is 10.3 Å². The molecule has 0 fully saturated rings. The molecule has 0 saturated carbocycles. The quantitative estimate of drug-likeness (QED) is 0.604. The number of allylic oxidation sites excluding steroid dienone is 1. The molecule has 1 aliphatic heterocycles. The smallest absolute Gasteiger partial charge is 0.269 e. The molecule has 0 unspecified atom stereocenters. The average molecular weight is 217 g/mol. The molecule has 82 valence electrons. The molecular formula is C11H11N3O2. The first kappa shape index (κ1) is 10.4. The van der Waals surface area contributed by atoms with Gasteiger partial charge in [0, 0.05) is 30.6 Å². The largest absolute Gasteiger partial charge is 0.383 e. The minimum atomic E-state index is -0.403. The minimum absolute atomic E-state index is 0.103. The van der Waals surface area contributed by atoms with Gasteiger partial charge in [-0.2, -0.15) is 0 Å². The Labute approximate surface area is 92.7 Å². The molecule has 0 bridgehead atoms. The standard InChI is InChI=1S/C11H11N3O2/c15-14(16)10-3-1-9(2-4-10)11-5-6-12-7-8-13-11/h1-6,13H,7-8H2. The van der Waals surface area contributed by atoms with E-state index >= 15 is 0 Å². The first-order valence-electron chi connectivity index (χ1n) is 4.96. The molecule has 5 heteroatoms. The number of nitro benzene ring substituents is 1. The predicted octanol–water partition coefficient (Wildman–Crippen LogP) is 1.61. The number of nitrogens with zero attached hydrogens (tertiary/aromatic N) is 2. The van der Waals surface area contributed by atoms with E-state index in [1.54, 1.807) is 18.3 Å². The molecule has 5 nitrogen and oxygen atoms in total. The summed E-state index contributed by atoms with van der Waals surface area (Å²) in [6.07, 6.45) is 3.62. The summed E-state index contributed by atoms with van der Waals surface area (Å²) >= 11 is 0. The van der Waals surface area contributed by atoms with Gasteiger partial charge in [-0.15, -0.1) is 0 Å². The molecule has 1 aromatic rings. The zero-order valence-corrected chi connectivity index (χ0v) is 8.59. The van der Waals surface area contributed by atoms with Gasteiger partial charge in [0.05, 0.1) is 11.5 Å². The summed E-state index contributed by atoms with van der Waals surface area (Å²) in [6.45, 7) is 1.52. The van der Waals surface area contributed by atoms with Crippen LogP contribution in [0.25, 0.3) is 5.70 Å². The fraction of sp³-hybridized carbons (Fsp3) is 0.182. The topological polar surface area (TPSA) is 67.5 Å². The fourth-order valence-electron chi connectivity index (χ4n) is 1.48. The SMILES string of the molecule is O=[N+]([O-])c1ccc(C2=CC=NCCN2)cc1. The van der Waals surface area contributed by atoms with Crippen LogP contribution in [-0.2, 0) is 0 Å². The monoisotopic (exact) mass is 217 g/mol. The highest BCUT2D eigenvalue weighted by Gasteiger charge is 2.06. The van der Waals surface area contributed by atoms with Crippen LogP contribution in [0, 0.1) is 10.1 Å². The van der Waals surface area contributed by atoms with Gasteiger partial charge in [0.15, 0.2) is 0 Å². The number of rotatable bonds is 2. The Bertz CT molecular complexity index is 449. The highest BCUT2D eigenvalue weighted by molar-refractivity contribution is 5.84. The van der Waals surface area contributed by atoms with E-state index in [1.807, 2.05) is 6.08 Å². The Morgan fingerprint density at radius 3 is 2.75 bits per heavy atom. The van der Waals surface area contributed by atoms with Crippen molar-refractivity contribution in [2.75, 3.05) is 13.1 Å². The molecule has 1 aliphatic rings. The van der Waals surface area contributed by atoms with Crippen molar-refractivity contribution in [3.63, 3.8) is 0 Å². The summed E-state index contributed by atoms with van der Waals surface area (Å²) < 4.78 is 0. The summed E-state index contributed by atoms with van der Waals surface area (Å²) in [5, 5.41) is 13.7. The van der Waals surface area contributed by atoms with Crippen LogP contribution in [0.3, 0.4) is 0 Å². The van der Waals surface area contributed by atoms with Gasteiger partial charge in [-0.3, -0.25) is 15.1 Å². The van der Waals surface area contributed by atoms with Crippen molar-refractivity contribution in [1.29, 1.82) is 0 Å². The van der Waals surface area contributed by atoms with Crippen LogP contribution in [-0.4, -0.2) is 24.2 Å². The Morgan fingerprint density at radius 2 is 2.06 bits per heavy atom. The van der Waals surface area contributed by atoms with Crippen LogP contribution in [0.4, 0.5) is 5.69 Å². The molecule has 1 heterocycles. The number of hydrogen-bond acceptors (Lipinski definition) is 4. The van der Waals surface area contributed by atoms with Gasteiger partial charge in [-0.1, -0.05) is 0 Å². The number of nitrogens with one attached hydrogen (secondary N) is 1. The molecule has 0 radical (unpaired) electrons. The first-order chi connectivity index (χ1) is 7.77. The van der Waals surface area contributed by atoms with Gasteiger partial charge < -0.3 is 5.32 Å². The van der Waals surface area contributed by atoms with Gasteiger partial charge in [-0.05, 0) is 23.8 Å². The third-order valence-electron chi connectivity index (χ3n) is 2.29. The number of aliphatic imine (C=N–C) groups is 1. The third-order valence-corrected chi connectivity index (χ3v) is 2.29. The van der Waals surface area contributed by atoms with Crippen LogP contribution in [0.15, 0.2) is 35.3 Å². The van der Waals surface area contributed by atoms with Crippen LogP contribution in [0.5, 0.6) is 0 Å².